The van der Waals surface area contributed by atoms with E-state index in [1.807, 2.05) is 0 Å². The van der Waals surface area contributed by atoms with Crippen LogP contribution in [-0.4, -0.2) is 56.6 Å². The van der Waals surface area contributed by atoms with Gasteiger partial charge in [-0.2, -0.15) is 0 Å². The minimum atomic E-state index is -3.38. The SMILES string of the molecule is CNS(=O)(=O)CCNC(=O)[C@@H](O)C(C)(C)CO. The molecule has 17 heavy (non-hydrogen) atoms. The Hall–Kier alpha value is -0.700. The fraction of sp³-hybridized carbons (Fsp3) is 0.889. The molecular weight excluding hydrogens is 248 g/mol. The van der Waals surface area contributed by atoms with Crippen molar-refractivity contribution in [2.75, 3.05) is 26.0 Å². The zero-order valence-electron chi connectivity index (χ0n) is 10.2. The maximum atomic E-state index is 11.4. The van der Waals surface area contributed by atoms with Gasteiger partial charge in [0.1, 0.15) is 6.10 Å². The molecule has 0 aliphatic heterocycles. The quantitative estimate of drug-likeness (QED) is 0.427. The van der Waals surface area contributed by atoms with Gasteiger partial charge in [0.2, 0.25) is 15.9 Å². The second-order valence-corrected chi connectivity index (χ2v) is 6.41. The maximum absolute atomic E-state index is 11.4. The molecule has 102 valence electrons. The van der Waals surface area contributed by atoms with Crippen molar-refractivity contribution in [1.29, 1.82) is 0 Å². The van der Waals surface area contributed by atoms with Crippen LogP contribution in [0.25, 0.3) is 0 Å². The third-order valence-corrected chi connectivity index (χ3v) is 3.74. The molecule has 0 heterocycles. The molecule has 0 unspecified atom stereocenters. The molecule has 0 saturated carbocycles. The third kappa shape index (κ3) is 5.44. The van der Waals surface area contributed by atoms with E-state index < -0.39 is 27.4 Å². The summed E-state index contributed by atoms with van der Waals surface area (Å²) in [7, 11) is -2.10. The third-order valence-electron chi connectivity index (χ3n) is 2.38. The van der Waals surface area contributed by atoms with Crippen molar-refractivity contribution >= 4 is 15.9 Å². The predicted molar refractivity (Wildman–Crippen MR) is 62.7 cm³/mol. The minimum Gasteiger partial charge on any atom is -0.396 e. The monoisotopic (exact) mass is 268 g/mol. The molecule has 0 saturated heterocycles. The van der Waals surface area contributed by atoms with Crippen molar-refractivity contribution in [2.45, 2.75) is 20.0 Å². The van der Waals surface area contributed by atoms with Gasteiger partial charge in [-0.05, 0) is 7.05 Å². The lowest BCUT2D eigenvalue weighted by Gasteiger charge is -2.27. The molecule has 0 aliphatic rings. The first-order valence-electron chi connectivity index (χ1n) is 5.14. The van der Waals surface area contributed by atoms with E-state index in [1.165, 1.54) is 20.9 Å². The Morgan fingerprint density at radius 1 is 1.41 bits per heavy atom. The summed E-state index contributed by atoms with van der Waals surface area (Å²) in [6.45, 7) is 2.61. The zero-order valence-corrected chi connectivity index (χ0v) is 11.0. The molecule has 0 spiro atoms. The molecule has 0 aliphatic carbocycles. The fourth-order valence-electron chi connectivity index (χ4n) is 0.949. The van der Waals surface area contributed by atoms with Crippen LogP contribution in [-0.2, 0) is 14.8 Å². The number of carbonyl (C=O) groups excluding carboxylic acids is 1. The predicted octanol–water partition coefficient (Wildman–Crippen LogP) is -1.97. The van der Waals surface area contributed by atoms with Crippen molar-refractivity contribution in [2.24, 2.45) is 5.41 Å². The van der Waals surface area contributed by atoms with Gasteiger partial charge >= 0.3 is 0 Å². The smallest absolute Gasteiger partial charge is 0.249 e. The molecule has 0 rings (SSSR count). The van der Waals surface area contributed by atoms with Gasteiger partial charge in [0.15, 0.2) is 0 Å². The molecule has 8 heteroatoms. The van der Waals surface area contributed by atoms with Gasteiger partial charge in [0.25, 0.3) is 0 Å². The molecule has 1 atom stereocenters. The molecule has 7 nitrogen and oxygen atoms in total. The van der Waals surface area contributed by atoms with E-state index in [0.29, 0.717) is 0 Å². The van der Waals surface area contributed by atoms with Crippen molar-refractivity contribution < 1.29 is 23.4 Å². The normalized spacial score (nSPS) is 14.4. The number of nitrogens with one attached hydrogen (secondary N) is 2. The second kappa shape index (κ2) is 6.29. The van der Waals surface area contributed by atoms with E-state index in [1.54, 1.807) is 0 Å². The summed E-state index contributed by atoms with van der Waals surface area (Å²) in [4.78, 5) is 11.4. The fourth-order valence-corrected chi connectivity index (χ4v) is 1.52. The molecule has 0 fully saturated rings. The largest absolute Gasteiger partial charge is 0.396 e. The number of aliphatic hydroxyl groups is 2. The lowest BCUT2D eigenvalue weighted by molar-refractivity contribution is -0.136. The number of amides is 1. The molecule has 0 aromatic rings. The van der Waals surface area contributed by atoms with Gasteiger partial charge in [0.05, 0.1) is 12.4 Å². The Balaban J connectivity index is 4.21. The van der Waals surface area contributed by atoms with Crippen LogP contribution in [0, 0.1) is 5.41 Å². The summed E-state index contributed by atoms with van der Waals surface area (Å²) in [6, 6.07) is 0. The van der Waals surface area contributed by atoms with Crippen LogP contribution in [0.15, 0.2) is 0 Å². The Labute approximate surface area is 101 Å². The highest BCUT2D eigenvalue weighted by Gasteiger charge is 2.32. The topological polar surface area (TPSA) is 116 Å². The highest BCUT2D eigenvalue weighted by molar-refractivity contribution is 7.89. The molecule has 0 aromatic heterocycles. The first-order chi connectivity index (χ1) is 7.66. The summed E-state index contributed by atoms with van der Waals surface area (Å²) in [5, 5.41) is 20.8. The van der Waals surface area contributed by atoms with Crippen LogP contribution in [0.1, 0.15) is 13.8 Å². The number of hydrogen-bond acceptors (Lipinski definition) is 5. The van der Waals surface area contributed by atoms with Crippen LogP contribution in [0.3, 0.4) is 0 Å². The van der Waals surface area contributed by atoms with E-state index in [4.69, 9.17) is 5.11 Å². The number of hydrogen-bond donors (Lipinski definition) is 4. The number of rotatable bonds is 7. The van der Waals surface area contributed by atoms with Crippen LogP contribution in [0.5, 0.6) is 0 Å². The van der Waals surface area contributed by atoms with Crippen LogP contribution in [0.4, 0.5) is 0 Å². The lowest BCUT2D eigenvalue weighted by atomic mass is 9.87. The molecule has 0 bridgehead atoms. The minimum absolute atomic E-state index is 0.0967. The summed E-state index contributed by atoms with van der Waals surface area (Å²) in [6.07, 6.45) is -1.38. The second-order valence-electron chi connectivity index (χ2n) is 4.36. The average molecular weight is 268 g/mol. The van der Waals surface area contributed by atoms with Crippen LogP contribution in [0.2, 0.25) is 0 Å². The number of carbonyl (C=O) groups is 1. The molecule has 4 N–H and O–H groups in total. The van der Waals surface area contributed by atoms with E-state index in [0.717, 1.165) is 0 Å². The number of sulfonamides is 1. The summed E-state index contributed by atoms with van der Waals surface area (Å²) in [5.41, 5.74) is -0.966. The lowest BCUT2D eigenvalue weighted by Crippen LogP contribution is -2.46. The summed E-state index contributed by atoms with van der Waals surface area (Å²) in [5.74, 6) is -0.961. The van der Waals surface area contributed by atoms with E-state index in [9.17, 15) is 18.3 Å². The van der Waals surface area contributed by atoms with Gasteiger partial charge in [-0.1, -0.05) is 13.8 Å². The van der Waals surface area contributed by atoms with Gasteiger partial charge < -0.3 is 15.5 Å². The molecule has 0 aromatic carbocycles. The molecular formula is C9H20N2O5S. The Kier molecular flexibility index (Phi) is 6.03. The number of aliphatic hydroxyl groups excluding tert-OH is 2. The summed E-state index contributed by atoms with van der Waals surface area (Å²) >= 11 is 0. The van der Waals surface area contributed by atoms with Gasteiger partial charge in [0, 0.05) is 12.0 Å². The van der Waals surface area contributed by atoms with E-state index in [2.05, 4.69) is 10.0 Å². The van der Waals surface area contributed by atoms with Crippen molar-refractivity contribution in [3.63, 3.8) is 0 Å². The maximum Gasteiger partial charge on any atom is 0.249 e. The zero-order chi connectivity index (χ0) is 13.7. The van der Waals surface area contributed by atoms with Crippen molar-refractivity contribution in [1.82, 2.24) is 10.0 Å². The Morgan fingerprint density at radius 3 is 2.35 bits per heavy atom. The van der Waals surface area contributed by atoms with Gasteiger partial charge in [-0.15, -0.1) is 0 Å². The van der Waals surface area contributed by atoms with E-state index in [-0.39, 0.29) is 18.9 Å². The van der Waals surface area contributed by atoms with Crippen LogP contribution >= 0.6 is 0 Å². The Bertz CT molecular complexity index is 352. The Morgan fingerprint density at radius 2 is 1.94 bits per heavy atom. The first-order valence-corrected chi connectivity index (χ1v) is 6.79. The highest BCUT2D eigenvalue weighted by atomic mass is 32.2. The molecule has 1 amide bonds. The van der Waals surface area contributed by atoms with Gasteiger partial charge in [-0.25, -0.2) is 13.1 Å². The average Bonchev–Trinajstić information content (AvgIpc) is 2.27. The van der Waals surface area contributed by atoms with Crippen molar-refractivity contribution in [3.8, 4) is 0 Å². The van der Waals surface area contributed by atoms with Crippen molar-refractivity contribution in [3.05, 3.63) is 0 Å². The standard InChI is InChI=1S/C9H20N2O5S/c1-9(2,6-12)7(13)8(14)11-4-5-17(15,16)10-3/h7,10,12-13H,4-6H2,1-3H3,(H,11,14)/t7-/m1/s1. The summed E-state index contributed by atoms with van der Waals surface area (Å²) < 4.78 is 24.2. The van der Waals surface area contributed by atoms with Crippen LogP contribution < -0.4 is 10.0 Å². The first kappa shape index (κ1) is 16.3. The van der Waals surface area contributed by atoms with E-state index >= 15 is 0 Å². The van der Waals surface area contributed by atoms with Gasteiger partial charge in [-0.3, -0.25) is 4.79 Å². The molecule has 0 radical (unpaired) electrons. The highest BCUT2D eigenvalue weighted by Crippen LogP contribution is 2.19.